The molecule has 0 radical (unpaired) electrons. The van der Waals surface area contributed by atoms with Gasteiger partial charge in [-0.25, -0.2) is 4.79 Å². The van der Waals surface area contributed by atoms with E-state index in [0.717, 1.165) is 5.56 Å². The molecule has 0 aliphatic heterocycles. The smallest absolute Gasteiger partial charge is 0.338 e. The lowest BCUT2D eigenvalue weighted by atomic mass is 10.1. The number of hydrogen-bond donors (Lipinski definition) is 1. The Balaban J connectivity index is 2.08. The lowest BCUT2D eigenvalue weighted by molar-refractivity contribution is 0.0472. The van der Waals surface area contributed by atoms with E-state index in [1.54, 1.807) is 36.4 Å². The first-order valence-corrected chi connectivity index (χ1v) is 6.70. The predicted octanol–water partition coefficient (Wildman–Crippen LogP) is 4.24. The fraction of sp³-hybridized carbons (Fsp3) is 0.133. The van der Waals surface area contributed by atoms with Gasteiger partial charge in [0.25, 0.3) is 0 Å². The molecule has 0 amide bonds. The van der Waals surface area contributed by atoms with Crippen LogP contribution in [0, 0.1) is 6.92 Å². The summed E-state index contributed by atoms with van der Waals surface area (Å²) in [5.41, 5.74) is 8.23. The zero-order valence-corrected chi connectivity index (χ0v) is 12.3. The maximum atomic E-state index is 12.0. The Labute approximate surface area is 127 Å². The molecule has 0 unspecified atom stereocenters. The molecular weight excluding hydrogens is 297 g/mol. The van der Waals surface area contributed by atoms with Crippen molar-refractivity contribution >= 4 is 34.9 Å². The normalized spacial score (nSPS) is 10.3. The van der Waals surface area contributed by atoms with Gasteiger partial charge in [0.2, 0.25) is 0 Å². The van der Waals surface area contributed by atoms with Gasteiger partial charge in [0.05, 0.1) is 5.56 Å². The number of halogens is 2. The average Bonchev–Trinajstić information content (AvgIpc) is 2.37. The van der Waals surface area contributed by atoms with Crippen molar-refractivity contribution in [2.45, 2.75) is 13.5 Å². The number of benzene rings is 2. The van der Waals surface area contributed by atoms with Crippen molar-refractivity contribution in [1.29, 1.82) is 0 Å². The third-order valence-corrected chi connectivity index (χ3v) is 3.43. The highest BCUT2D eigenvalue weighted by Crippen LogP contribution is 2.22. The number of carbonyl (C=O) groups excluding carboxylic acids is 1. The van der Waals surface area contributed by atoms with Crippen LogP contribution in [-0.4, -0.2) is 5.97 Å². The van der Waals surface area contributed by atoms with E-state index in [0.29, 0.717) is 26.9 Å². The van der Waals surface area contributed by atoms with Gasteiger partial charge in [-0.2, -0.15) is 0 Å². The number of carbonyl (C=O) groups is 1. The number of esters is 1. The average molecular weight is 310 g/mol. The van der Waals surface area contributed by atoms with E-state index in [-0.39, 0.29) is 6.61 Å². The largest absolute Gasteiger partial charge is 0.457 e. The molecule has 0 bridgehead atoms. The molecule has 2 N–H and O–H groups in total. The number of nitrogens with two attached hydrogens (primary N) is 1. The Bertz CT molecular complexity index is 656. The Morgan fingerprint density at radius 1 is 1.20 bits per heavy atom. The van der Waals surface area contributed by atoms with Crippen LogP contribution in [0.15, 0.2) is 36.4 Å². The summed E-state index contributed by atoms with van der Waals surface area (Å²) in [6, 6.07) is 10.1. The predicted molar refractivity (Wildman–Crippen MR) is 81.2 cm³/mol. The van der Waals surface area contributed by atoms with Crippen LogP contribution in [0.2, 0.25) is 10.0 Å². The monoisotopic (exact) mass is 309 g/mol. The van der Waals surface area contributed by atoms with Crippen LogP contribution in [0.3, 0.4) is 0 Å². The number of hydrogen-bond acceptors (Lipinski definition) is 3. The number of anilines is 1. The van der Waals surface area contributed by atoms with E-state index in [4.69, 9.17) is 33.7 Å². The van der Waals surface area contributed by atoms with Crippen molar-refractivity contribution in [1.82, 2.24) is 0 Å². The summed E-state index contributed by atoms with van der Waals surface area (Å²) in [6.07, 6.45) is 0. The molecule has 0 saturated carbocycles. The van der Waals surface area contributed by atoms with Crippen LogP contribution in [0.25, 0.3) is 0 Å². The van der Waals surface area contributed by atoms with Gasteiger partial charge in [0.15, 0.2) is 0 Å². The summed E-state index contributed by atoms with van der Waals surface area (Å²) in [4.78, 5) is 12.0. The number of ether oxygens (including phenoxy) is 1. The second kappa shape index (κ2) is 6.16. The van der Waals surface area contributed by atoms with E-state index < -0.39 is 5.97 Å². The lowest BCUT2D eigenvalue weighted by Crippen LogP contribution is -2.07. The van der Waals surface area contributed by atoms with E-state index in [1.807, 2.05) is 6.92 Å². The van der Waals surface area contributed by atoms with E-state index in [2.05, 4.69) is 0 Å². The third kappa shape index (κ3) is 3.44. The molecule has 0 aliphatic rings. The first kappa shape index (κ1) is 14.7. The van der Waals surface area contributed by atoms with Crippen molar-refractivity contribution in [2.24, 2.45) is 0 Å². The van der Waals surface area contributed by atoms with Crippen molar-refractivity contribution in [3.05, 3.63) is 63.1 Å². The maximum Gasteiger partial charge on any atom is 0.338 e. The molecule has 2 aromatic rings. The van der Waals surface area contributed by atoms with Gasteiger partial charge >= 0.3 is 5.97 Å². The summed E-state index contributed by atoms with van der Waals surface area (Å²) >= 11 is 11.8. The first-order chi connectivity index (χ1) is 9.47. The molecule has 0 fully saturated rings. The summed E-state index contributed by atoms with van der Waals surface area (Å²) in [5, 5.41) is 1.01. The second-order valence-electron chi connectivity index (χ2n) is 4.39. The summed E-state index contributed by atoms with van der Waals surface area (Å²) in [5.74, 6) is -0.409. The summed E-state index contributed by atoms with van der Waals surface area (Å²) < 4.78 is 5.25. The van der Waals surface area contributed by atoms with Crippen LogP contribution >= 0.6 is 23.2 Å². The minimum atomic E-state index is -0.409. The molecule has 0 aromatic heterocycles. The fourth-order valence-corrected chi connectivity index (χ4v) is 2.24. The molecular formula is C15H13Cl2NO2. The van der Waals surface area contributed by atoms with E-state index in [1.165, 1.54) is 0 Å². The van der Waals surface area contributed by atoms with E-state index >= 15 is 0 Å². The van der Waals surface area contributed by atoms with Crippen LogP contribution in [0.4, 0.5) is 5.69 Å². The standard InChI is InChI=1S/C15H13Cl2NO2/c1-9-6-12(18)4-5-13(9)15(19)20-8-10-2-3-11(16)7-14(10)17/h2-7H,8,18H2,1H3. The zero-order chi connectivity index (χ0) is 14.7. The third-order valence-electron chi connectivity index (χ3n) is 2.84. The molecule has 5 heteroatoms. The van der Waals surface area contributed by atoms with Crippen molar-refractivity contribution in [2.75, 3.05) is 5.73 Å². The molecule has 20 heavy (non-hydrogen) atoms. The van der Waals surface area contributed by atoms with Crippen molar-refractivity contribution in [3.8, 4) is 0 Å². The van der Waals surface area contributed by atoms with Gasteiger partial charge in [-0.15, -0.1) is 0 Å². The van der Waals surface area contributed by atoms with Crippen LogP contribution in [0.1, 0.15) is 21.5 Å². The quantitative estimate of drug-likeness (QED) is 0.681. The first-order valence-electron chi connectivity index (χ1n) is 5.94. The van der Waals surface area contributed by atoms with Gasteiger partial charge in [0.1, 0.15) is 6.61 Å². The Morgan fingerprint density at radius 2 is 1.95 bits per heavy atom. The molecule has 0 saturated heterocycles. The van der Waals surface area contributed by atoms with Crippen molar-refractivity contribution in [3.63, 3.8) is 0 Å². The Morgan fingerprint density at radius 3 is 2.60 bits per heavy atom. The highest BCUT2D eigenvalue weighted by Gasteiger charge is 2.11. The minimum Gasteiger partial charge on any atom is -0.457 e. The van der Waals surface area contributed by atoms with Gasteiger partial charge < -0.3 is 10.5 Å². The SMILES string of the molecule is Cc1cc(N)ccc1C(=O)OCc1ccc(Cl)cc1Cl. The van der Waals surface area contributed by atoms with Crippen LogP contribution < -0.4 is 5.73 Å². The highest BCUT2D eigenvalue weighted by molar-refractivity contribution is 6.35. The molecule has 0 atom stereocenters. The van der Waals surface area contributed by atoms with Gasteiger partial charge in [-0.05, 0) is 42.8 Å². The minimum absolute atomic E-state index is 0.0959. The fourth-order valence-electron chi connectivity index (χ4n) is 1.78. The number of nitrogen functional groups attached to an aromatic ring is 1. The molecule has 3 nitrogen and oxygen atoms in total. The molecule has 0 spiro atoms. The molecule has 0 heterocycles. The topological polar surface area (TPSA) is 52.3 Å². The number of rotatable bonds is 3. The zero-order valence-electron chi connectivity index (χ0n) is 10.8. The summed E-state index contributed by atoms with van der Waals surface area (Å²) in [6.45, 7) is 1.90. The molecule has 2 aromatic carbocycles. The second-order valence-corrected chi connectivity index (χ2v) is 5.23. The molecule has 104 valence electrons. The number of aryl methyl sites for hydroxylation is 1. The van der Waals surface area contributed by atoms with Crippen LogP contribution in [0.5, 0.6) is 0 Å². The summed E-state index contributed by atoms with van der Waals surface area (Å²) in [7, 11) is 0. The van der Waals surface area contributed by atoms with Crippen LogP contribution in [-0.2, 0) is 11.3 Å². The maximum absolute atomic E-state index is 12.0. The van der Waals surface area contributed by atoms with E-state index in [9.17, 15) is 4.79 Å². The van der Waals surface area contributed by atoms with Gasteiger partial charge in [-0.1, -0.05) is 29.3 Å². The van der Waals surface area contributed by atoms with Crippen molar-refractivity contribution < 1.29 is 9.53 Å². The Kier molecular flexibility index (Phi) is 4.53. The highest BCUT2D eigenvalue weighted by atomic mass is 35.5. The molecule has 2 rings (SSSR count). The van der Waals surface area contributed by atoms with Gasteiger partial charge in [-0.3, -0.25) is 0 Å². The lowest BCUT2D eigenvalue weighted by Gasteiger charge is -2.09. The molecule has 0 aliphatic carbocycles. The van der Waals surface area contributed by atoms with Gasteiger partial charge in [0, 0.05) is 21.3 Å². The Hall–Kier alpha value is -1.71.